The van der Waals surface area contributed by atoms with E-state index in [9.17, 15) is 9.59 Å². The molecule has 122 valence electrons. The standard InChI is InChI=1S/C16H21N5O2/c1-16(15(23)19(2)3)6-9-20(10-7-16)14(22)12-5-4-8-21-11-17-18-13(12)21/h4-5,8,11H,6-7,9-10H2,1-3H3. The molecule has 0 saturated carbocycles. The highest BCUT2D eigenvalue weighted by atomic mass is 16.2. The molecule has 1 saturated heterocycles. The summed E-state index contributed by atoms with van der Waals surface area (Å²) >= 11 is 0. The average molecular weight is 315 g/mol. The highest BCUT2D eigenvalue weighted by Crippen LogP contribution is 2.33. The van der Waals surface area contributed by atoms with E-state index in [-0.39, 0.29) is 17.2 Å². The Kier molecular flexibility index (Phi) is 3.79. The maximum Gasteiger partial charge on any atom is 0.257 e. The normalized spacial score (nSPS) is 17.3. The van der Waals surface area contributed by atoms with Crippen molar-refractivity contribution in [3.63, 3.8) is 0 Å². The van der Waals surface area contributed by atoms with Gasteiger partial charge in [0.2, 0.25) is 5.91 Å². The Bertz CT molecular complexity index is 744. The lowest BCUT2D eigenvalue weighted by molar-refractivity contribution is -0.140. The molecule has 3 rings (SSSR count). The second-order valence-electron chi connectivity index (χ2n) is 6.54. The van der Waals surface area contributed by atoms with E-state index in [1.807, 2.05) is 19.2 Å². The van der Waals surface area contributed by atoms with Crippen LogP contribution in [0.1, 0.15) is 30.1 Å². The highest BCUT2D eigenvalue weighted by molar-refractivity contribution is 5.99. The van der Waals surface area contributed by atoms with Gasteiger partial charge in [0, 0.05) is 38.8 Å². The van der Waals surface area contributed by atoms with Gasteiger partial charge in [0.1, 0.15) is 6.33 Å². The van der Waals surface area contributed by atoms with Crippen LogP contribution in [0.2, 0.25) is 0 Å². The zero-order chi connectivity index (χ0) is 16.6. The number of likely N-dealkylation sites (tertiary alicyclic amines) is 1. The minimum absolute atomic E-state index is 0.0528. The molecule has 1 aliphatic heterocycles. The molecule has 0 bridgehead atoms. The van der Waals surface area contributed by atoms with Crippen molar-refractivity contribution in [1.82, 2.24) is 24.4 Å². The van der Waals surface area contributed by atoms with Crippen LogP contribution in [-0.4, -0.2) is 63.4 Å². The van der Waals surface area contributed by atoms with E-state index >= 15 is 0 Å². The van der Waals surface area contributed by atoms with Crippen LogP contribution in [0.25, 0.3) is 5.65 Å². The molecule has 2 amide bonds. The van der Waals surface area contributed by atoms with Crippen molar-refractivity contribution in [2.75, 3.05) is 27.2 Å². The van der Waals surface area contributed by atoms with Gasteiger partial charge in [0.05, 0.1) is 5.56 Å². The fourth-order valence-electron chi connectivity index (χ4n) is 3.15. The predicted molar refractivity (Wildman–Crippen MR) is 84.9 cm³/mol. The minimum Gasteiger partial charge on any atom is -0.348 e. The number of piperidine rings is 1. The van der Waals surface area contributed by atoms with Gasteiger partial charge in [-0.2, -0.15) is 0 Å². The first-order valence-corrected chi connectivity index (χ1v) is 7.72. The first kappa shape index (κ1) is 15.5. The second kappa shape index (κ2) is 5.64. The Hall–Kier alpha value is -2.44. The van der Waals surface area contributed by atoms with E-state index in [1.165, 1.54) is 0 Å². The van der Waals surface area contributed by atoms with Gasteiger partial charge >= 0.3 is 0 Å². The van der Waals surface area contributed by atoms with Gasteiger partial charge in [-0.1, -0.05) is 6.92 Å². The lowest BCUT2D eigenvalue weighted by Gasteiger charge is -2.39. The molecule has 0 N–H and O–H groups in total. The molecule has 0 aromatic carbocycles. The highest BCUT2D eigenvalue weighted by Gasteiger charge is 2.39. The fourth-order valence-corrected chi connectivity index (χ4v) is 3.15. The topological polar surface area (TPSA) is 70.8 Å². The first-order valence-electron chi connectivity index (χ1n) is 7.72. The maximum atomic E-state index is 12.8. The lowest BCUT2D eigenvalue weighted by atomic mass is 9.79. The molecular formula is C16H21N5O2. The third-order valence-electron chi connectivity index (χ3n) is 4.63. The summed E-state index contributed by atoms with van der Waals surface area (Å²) in [7, 11) is 3.55. The molecule has 0 radical (unpaired) electrons. The van der Waals surface area contributed by atoms with Crippen LogP contribution in [-0.2, 0) is 4.79 Å². The van der Waals surface area contributed by atoms with Crippen LogP contribution in [0.15, 0.2) is 24.7 Å². The lowest BCUT2D eigenvalue weighted by Crippen LogP contribution is -2.48. The monoisotopic (exact) mass is 315 g/mol. The number of amides is 2. The third kappa shape index (κ3) is 2.67. The summed E-state index contributed by atoms with van der Waals surface area (Å²) in [6, 6.07) is 3.58. The molecule has 2 aromatic rings. The van der Waals surface area contributed by atoms with Crippen LogP contribution >= 0.6 is 0 Å². The van der Waals surface area contributed by atoms with Crippen molar-refractivity contribution >= 4 is 17.5 Å². The minimum atomic E-state index is -0.388. The van der Waals surface area contributed by atoms with E-state index < -0.39 is 0 Å². The second-order valence-corrected chi connectivity index (χ2v) is 6.54. The molecule has 23 heavy (non-hydrogen) atoms. The van der Waals surface area contributed by atoms with Gasteiger partial charge in [-0.25, -0.2) is 0 Å². The van der Waals surface area contributed by atoms with E-state index in [0.717, 1.165) is 0 Å². The van der Waals surface area contributed by atoms with Gasteiger partial charge in [-0.3, -0.25) is 14.0 Å². The van der Waals surface area contributed by atoms with Gasteiger partial charge in [-0.15, -0.1) is 10.2 Å². The van der Waals surface area contributed by atoms with Crippen molar-refractivity contribution in [2.24, 2.45) is 5.41 Å². The van der Waals surface area contributed by atoms with E-state index in [2.05, 4.69) is 10.2 Å². The number of hydrogen-bond acceptors (Lipinski definition) is 4. The van der Waals surface area contributed by atoms with Gasteiger partial charge in [0.25, 0.3) is 5.91 Å². The SMILES string of the molecule is CN(C)C(=O)C1(C)CCN(C(=O)c2cccn3cnnc23)CC1. The third-order valence-corrected chi connectivity index (χ3v) is 4.63. The molecule has 7 nitrogen and oxygen atoms in total. The van der Waals surface area contributed by atoms with Crippen LogP contribution < -0.4 is 0 Å². The van der Waals surface area contributed by atoms with Crippen molar-refractivity contribution in [3.05, 3.63) is 30.2 Å². The van der Waals surface area contributed by atoms with Crippen LogP contribution in [0.4, 0.5) is 0 Å². The van der Waals surface area contributed by atoms with Crippen molar-refractivity contribution < 1.29 is 9.59 Å². The Morgan fingerprint density at radius 3 is 2.61 bits per heavy atom. The van der Waals surface area contributed by atoms with Crippen LogP contribution in [0.5, 0.6) is 0 Å². The molecule has 0 aliphatic carbocycles. The Labute approximate surface area is 134 Å². The van der Waals surface area contributed by atoms with E-state index in [0.29, 0.717) is 37.1 Å². The number of carbonyl (C=O) groups is 2. The molecule has 1 aliphatic rings. The zero-order valence-corrected chi connectivity index (χ0v) is 13.7. The molecule has 2 aromatic heterocycles. The van der Waals surface area contributed by atoms with Gasteiger partial charge in [-0.05, 0) is 25.0 Å². The maximum absolute atomic E-state index is 12.8. The molecular weight excluding hydrogens is 294 g/mol. The summed E-state index contributed by atoms with van der Waals surface area (Å²) in [4.78, 5) is 28.5. The molecule has 0 unspecified atom stereocenters. The summed E-state index contributed by atoms with van der Waals surface area (Å²) in [6.45, 7) is 3.13. The van der Waals surface area contributed by atoms with E-state index in [1.54, 1.807) is 40.7 Å². The molecule has 0 atom stereocenters. The number of aromatic nitrogens is 3. The average Bonchev–Trinajstić information content (AvgIpc) is 3.02. The number of hydrogen-bond donors (Lipinski definition) is 0. The zero-order valence-electron chi connectivity index (χ0n) is 13.7. The number of nitrogens with zero attached hydrogens (tertiary/aromatic N) is 5. The van der Waals surface area contributed by atoms with Crippen LogP contribution in [0.3, 0.4) is 0 Å². The quantitative estimate of drug-likeness (QED) is 0.831. The smallest absolute Gasteiger partial charge is 0.257 e. The van der Waals surface area contributed by atoms with Gasteiger partial charge in [0.15, 0.2) is 5.65 Å². The van der Waals surface area contributed by atoms with Crippen molar-refractivity contribution in [1.29, 1.82) is 0 Å². The predicted octanol–water partition coefficient (Wildman–Crippen LogP) is 1.06. The molecule has 0 spiro atoms. The molecule has 3 heterocycles. The number of pyridine rings is 1. The summed E-state index contributed by atoms with van der Waals surface area (Å²) in [5.74, 6) is 0.0760. The number of fused-ring (bicyclic) bond motifs is 1. The summed E-state index contributed by atoms with van der Waals surface area (Å²) in [5, 5.41) is 7.87. The summed E-state index contributed by atoms with van der Waals surface area (Å²) in [5.41, 5.74) is 0.726. The molecule has 7 heteroatoms. The first-order chi connectivity index (χ1) is 10.9. The van der Waals surface area contributed by atoms with E-state index in [4.69, 9.17) is 0 Å². The van der Waals surface area contributed by atoms with Crippen molar-refractivity contribution in [2.45, 2.75) is 19.8 Å². The fraction of sp³-hybridized carbons (Fsp3) is 0.500. The number of rotatable bonds is 2. The molecule has 1 fully saturated rings. The number of carbonyl (C=O) groups excluding carboxylic acids is 2. The summed E-state index contributed by atoms with van der Waals surface area (Å²) in [6.07, 6.45) is 4.74. The van der Waals surface area contributed by atoms with Crippen LogP contribution in [0, 0.1) is 5.41 Å². The largest absolute Gasteiger partial charge is 0.348 e. The Balaban J connectivity index is 1.76. The Morgan fingerprint density at radius 2 is 1.96 bits per heavy atom. The summed E-state index contributed by atoms with van der Waals surface area (Å²) < 4.78 is 1.73. The van der Waals surface area contributed by atoms with Gasteiger partial charge < -0.3 is 9.80 Å². The van der Waals surface area contributed by atoms with Crippen molar-refractivity contribution in [3.8, 4) is 0 Å². The Morgan fingerprint density at radius 1 is 1.26 bits per heavy atom.